The first kappa shape index (κ1) is 16.9. The zero-order chi connectivity index (χ0) is 15.3. The van der Waals surface area contributed by atoms with Gasteiger partial charge in [-0.25, -0.2) is 0 Å². The van der Waals surface area contributed by atoms with Crippen LogP contribution in [0, 0.1) is 12.8 Å². The summed E-state index contributed by atoms with van der Waals surface area (Å²) in [5, 5.41) is 11.6. The molecule has 6 heteroatoms. The minimum atomic E-state index is -0.897. The van der Waals surface area contributed by atoms with Gasteiger partial charge in [0.05, 0.1) is 16.5 Å². The minimum absolute atomic E-state index is 0.0340. The average Bonchev–Trinajstić information content (AvgIpc) is 2.32. The van der Waals surface area contributed by atoms with Crippen molar-refractivity contribution in [1.29, 1.82) is 0 Å². The van der Waals surface area contributed by atoms with Gasteiger partial charge in [0.15, 0.2) is 0 Å². The highest BCUT2D eigenvalue weighted by atomic mass is 35.5. The number of aryl methyl sites for hydroxylation is 1. The molecule has 0 bridgehead atoms. The second-order valence-corrected chi connectivity index (χ2v) is 6.38. The molecule has 20 heavy (non-hydrogen) atoms. The van der Waals surface area contributed by atoms with Crippen molar-refractivity contribution in [1.82, 2.24) is 0 Å². The Hall–Kier alpha value is -1.20. The molecule has 0 aliphatic heterocycles. The van der Waals surface area contributed by atoms with Crippen LogP contribution in [0.2, 0.25) is 5.02 Å². The second kappa shape index (κ2) is 7.55. The summed E-state index contributed by atoms with van der Waals surface area (Å²) >= 11 is 7.14. The van der Waals surface area contributed by atoms with Crippen molar-refractivity contribution in [3.63, 3.8) is 0 Å². The van der Waals surface area contributed by atoms with Gasteiger partial charge in [-0.05, 0) is 30.5 Å². The van der Waals surface area contributed by atoms with Crippen LogP contribution in [-0.2, 0) is 9.59 Å². The first-order valence-corrected chi connectivity index (χ1v) is 7.64. The van der Waals surface area contributed by atoms with Crippen LogP contribution >= 0.6 is 23.4 Å². The lowest BCUT2D eigenvalue weighted by Crippen LogP contribution is -2.25. The van der Waals surface area contributed by atoms with Crippen molar-refractivity contribution < 1.29 is 14.7 Å². The van der Waals surface area contributed by atoms with Crippen molar-refractivity contribution in [2.45, 2.75) is 26.0 Å². The Morgan fingerprint density at radius 3 is 2.55 bits per heavy atom. The Morgan fingerprint density at radius 1 is 1.40 bits per heavy atom. The number of thioether (sulfide) groups is 1. The molecule has 0 radical (unpaired) electrons. The minimum Gasteiger partial charge on any atom is -0.480 e. The van der Waals surface area contributed by atoms with Crippen molar-refractivity contribution in [2.24, 2.45) is 5.92 Å². The summed E-state index contributed by atoms with van der Waals surface area (Å²) in [5.41, 5.74) is 1.55. The first-order valence-electron chi connectivity index (χ1n) is 6.21. The third-order valence-electron chi connectivity index (χ3n) is 2.64. The molecule has 0 saturated heterocycles. The molecule has 4 nitrogen and oxygen atoms in total. The predicted molar refractivity (Wildman–Crippen MR) is 83.5 cm³/mol. The van der Waals surface area contributed by atoms with Gasteiger partial charge in [0.1, 0.15) is 5.25 Å². The van der Waals surface area contributed by atoms with E-state index < -0.39 is 11.2 Å². The van der Waals surface area contributed by atoms with E-state index in [1.165, 1.54) is 0 Å². The molecule has 0 aliphatic rings. The van der Waals surface area contributed by atoms with Gasteiger partial charge >= 0.3 is 5.97 Å². The molecular formula is C14H18ClNO3S. The summed E-state index contributed by atoms with van der Waals surface area (Å²) in [5.74, 6) is -1.11. The zero-order valence-electron chi connectivity index (χ0n) is 11.6. The summed E-state index contributed by atoms with van der Waals surface area (Å²) in [6, 6.07) is 5.35. The lowest BCUT2D eigenvalue weighted by molar-refractivity contribution is -0.137. The maximum absolute atomic E-state index is 11.8. The maximum atomic E-state index is 11.8. The summed E-state index contributed by atoms with van der Waals surface area (Å²) in [4.78, 5) is 22.8. The standard InChI is InChI=1S/C14H18ClNO3S/c1-8(2)13(14(18)19)20-7-12(17)16-11-5-4-9(3)6-10(11)15/h4-6,8,13H,7H2,1-3H3,(H,16,17)(H,18,19). The number of aliphatic carboxylic acids is 1. The third-order valence-corrected chi connectivity index (χ3v) is 4.49. The quantitative estimate of drug-likeness (QED) is 0.844. The van der Waals surface area contributed by atoms with Gasteiger partial charge in [-0.3, -0.25) is 9.59 Å². The number of carboxylic acids is 1. The van der Waals surface area contributed by atoms with Crippen molar-refractivity contribution in [2.75, 3.05) is 11.1 Å². The number of hydrogen-bond donors (Lipinski definition) is 2. The molecule has 1 atom stereocenters. The van der Waals surface area contributed by atoms with Crippen molar-refractivity contribution >= 4 is 40.9 Å². The van der Waals surface area contributed by atoms with E-state index in [9.17, 15) is 9.59 Å². The van der Waals surface area contributed by atoms with Crippen molar-refractivity contribution in [3.05, 3.63) is 28.8 Å². The van der Waals surface area contributed by atoms with Gasteiger partial charge in [-0.15, -0.1) is 11.8 Å². The molecule has 1 amide bonds. The number of hydrogen-bond acceptors (Lipinski definition) is 3. The molecule has 0 spiro atoms. The van der Waals surface area contributed by atoms with Crippen LogP contribution in [-0.4, -0.2) is 28.0 Å². The Bertz CT molecular complexity index is 505. The fourth-order valence-electron chi connectivity index (χ4n) is 1.62. The normalized spacial score (nSPS) is 12.2. The third kappa shape index (κ3) is 5.06. The molecule has 0 aliphatic carbocycles. The second-order valence-electron chi connectivity index (χ2n) is 4.85. The molecule has 1 aromatic carbocycles. The number of anilines is 1. The fourth-order valence-corrected chi connectivity index (χ4v) is 2.84. The van der Waals surface area contributed by atoms with Gasteiger partial charge in [0.2, 0.25) is 5.91 Å². The smallest absolute Gasteiger partial charge is 0.316 e. The van der Waals surface area contributed by atoms with Gasteiger partial charge < -0.3 is 10.4 Å². The average molecular weight is 316 g/mol. The molecule has 1 rings (SSSR count). The van der Waals surface area contributed by atoms with Gasteiger partial charge in [0, 0.05) is 0 Å². The maximum Gasteiger partial charge on any atom is 0.316 e. The van der Waals surface area contributed by atoms with E-state index in [1.54, 1.807) is 12.1 Å². The monoisotopic (exact) mass is 315 g/mol. The number of rotatable bonds is 6. The molecular weight excluding hydrogens is 298 g/mol. The summed E-state index contributed by atoms with van der Waals surface area (Å²) < 4.78 is 0. The Morgan fingerprint density at radius 2 is 2.05 bits per heavy atom. The summed E-state index contributed by atoms with van der Waals surface area (Å²) in [6.45, 7) is 5.55. The molecule has 0 saturated carbocycles. The van der Waals surface area contributed by atoms with Crippen LogP contribution in [0.3, 0.4) is 0 Å². The van der Waals surface area contributed by atoms with Gasteiger partial charge in [-0.2, -0.15) is 0 Å². The predicted octanol–water partition coefficient (Wildman–Crippen LogP) is 3.43. The van der Waals surface area contributed by atoms with E-state index in [0.717, 1.165) is 17.3 Å². The van der Waals surface area contributed by atoms with Gasteiger partial charge in [-0.1, -0.05) is 31.5 Å². The number of carboxylic acid groups (broad SMARTS) is 1. The summed E-state index contributed by atoms with van der Waals surface area (Å²) in [7, 11) is 0. The van der Waals surface area contributed by atoms with Crippen molar-refractivity contribution in [3.8, 4) is 0 Å². The Kier molecular flexibility index (Phi) is 6.36. The van der Waals surface area contributed by atoms with Crippen LogP contribution in [0.1, 0.15) is 19.4 Å². The molecule has 1 aromatic rings. The largest absolute Gasteiger partial charge is 0.480 e. The highest BCUT2D eigenvalue weighted by Gasteiger charge is 2.23. The molecule has 0 fully saturated rings. The Balaban J connectivity index is 2.57. The summed E-state index contributed by atoms with van der Waals surface area (Å²) in [6.07, 6.45) is 0. The van der Waals surface area contributed by atoms with E-state index in [1.807, 2.05) is 26.8 Å². The number of benzene rings is 1. The van der Waals surface area contributed by atoms with Crippen LogP contribution in [0.15, 0.2) is 18.2 Å². The fraction of sp³-hybridized carbons (Fsp3) is 0.429. The lowest BCUT2D eigenvalue weighted by atomic mass is 10.1. The van der Waals surface area contributed by atoms with E-state index in [4.69, 9.17) is 16.7 Å². The van der Waals surface area contributed by atoms with E-state index in [2.05, 4.69) is 5.32 Å². The van der Waals surface area contributed by atoms with E-state index in [-0.39, 0.29) is 17.6 Å². The molecule has 0 heterocycles. The first-order chi connectivity index (χ1) is 9.31. The molecule has 1 unspecified atom stereocenters. The van der Waals surface area contributed by atoms with E-state index in [0.29, 0.717) is 10.7 Å². The lowest BCUT2D eigenvalue weighted by Gasteiger charge is -2.15. The SMILES string of the molecule is Cc1ccc(NC(=O)CSC(C(=O)O)C(C)C)c(Cl)c1. The number of amides is 1. The number of carbonyl (C=O) groups excluding carboxylic acids is 1. The topological polar surface area (TPSA) is 66.4 Å². The van der Waals surface area contributed by atoms with Gasteiger partial charge in [0.25, 0.3) is 0 Å². The van der Waals surface area contributed by atoms with Crippen LogP contribution in [0.25, 0.3) is 0 Å². The molecule has 2 N–H and O–H groups in total. The zero-order valence-corrected chi connectivity index (χ0v) is 13.2. The van der Waals surface area contributed by atoms with Crippen LogP contribution in [0.4, 0.5) is 5.69 Å². The number of carbonyl (C=O) groups is 2. The highest BCUT2D eigenvalue weighted by Crippen LogP contribution is 2.24. The van der Waals surface area contributed by atoms with E-state index >= 15 is 0 Å². The Labute approximate surface area is 127 Å². The van der Waals surface area contributed by atoms with Crippen LogP contribution in [0.5, 0.6) is 0 Å². The number of halogens is 1. The molecule has 0 aromatic heterocycles. The van der Waals surface area contributed by atoms with Crippen LogP contribution < -0.4 is 5.32 Å². The number of nitrogens with one attached hydrogen (secondary N) is 1. The highest BCUT2D eigenvalue weighted by molar-refractivity contribution is 8.01. The molecule has 110 valence electrons.